The summed E-state index contributed by atoms with van der Waals surface area (Å²) in [7, 11) is 1.52. The molecule has 0 spiro atoms. The summed E-state index contributed by atoms with van der Waals surface area (Å²) in [5, 5.41) is 2.55. The van der Waals surface area contributed by atoms with Crippen LogP contribution in [0.2, 0.25) is 0 Å². The van der Waals surface area contributed by atoms with Gasteiger partial charge < -0.3 is 29.0 Å². The van der Waals surface area contributed by atoms with E-state index in [-0.39, 0.29) is 39.1 Å². The summed E-state index contributed by atoms with van der Waals surface area (Å²) in [5.74, 6) is -0.323. The molecule has 1 unspecified atom stereocenters. The predicted octanol–water partition coefficient (Wildman–Crippen LogP) is 1.68. The van der Waals surface area contributed by atoms with Crippen LogP contribution in [-0.2, 0) is 41.8 Å². The SMILES string of the molecule is CNC(=O)CO[C@@H]1C2O[C@H](c3ccccc3)OC[C@H]2OC[C@H]1n1cc(C)c(=O)n(COCc2ccccc2)c1=O. The first-order chi connectivity index (χ1) is 19.5. The maximum atomic E-state index is 13.7. The van der Waals surface area contributed by atoms with Gasteiger partial charge in [-0.25, -0.2) is 9.36 Å². The van der Waals surface area contributed by atoms with Crippen molar-refractivity contribution in [2.75, 3.05) is 26.9 Å². The number of ether oxygens (including phenoxy) is 5. The van der Waals surface area contributed by atoms with Gasteiger partial charge >= 0.3 is 5.69 Å². The van der Waals surface area contributed by atoms with Gasteiger partial charge in [0, 0.05) is 24.4 Å². The lowest BCUT2D eigenvalue weighted by molar-refractivity contribution is -0.311. The molecular formula is C29H33N3O8. The Labute approximate surface area is 231 Å². The fourth-order valence-corrected chi connectivity index (χ4v) is 4.93. The van der Waals surface area contributed by atoms with Crippen LogP contribution in [0.4, 0.5) is 0 Å². The third-order valence-corrected chi connectivity index (χ3v) is 7.06. The molecule has 2 aliphatic heterocycles. The average Bonchev–Trinajstić information content (AvgIpc) is 3.00. The molecule has 11 heteroatoms. The van der Waals surface area contributed by atoms with Gasteiger partial charge in [-0.3, -0.25) is 14.2 Å². The molecule has 1 aromatic heterocycles. The van der Waals surface area contributed by atoms with Crippen LogP contribution < -0.4 is 16.6 Å². The number of likely N-dealkylation sites (N-methyl/N-ethyl adjacent to an activating group) is 1. The van der Waals surface area contributed by atoms with Crippen LogP contribution in [0.5, 0.6) is 0 Å². The quantitative estimate of drug-likeness (QED) is 0.427. The van der Waals surface area contributed by atoms with Crippen molar-refractivity contribution in [1.29, 1.82) is 0 Å². The number of aryl methyl sites for hydroxylation is 1. The van der Waals surface area contributed by atoms with E-state index >= 15 is 0 Å². The van der Waals surface area contributed by atoms with Crippen LogP contribution in [0.1, 0.15) is 29.0 Å². The number of amides is 1. The zero-order valence-corrected chi connectivity index (χ0v) is 22.4. The smallest absolute Gasteiger partial charge is 0.333 e. The van der Waals surface area contributed by atoms with Gasteiger partial charge in [0.25, 0.3) is 5.56 Å². The van der Waals surface area contributed by atoms with Gasteiger partial charge in [0.2, 0.25) is 5.91 Å². The van der Waals surface area contributed by atoms with E-state index in [0.29, 0.717) is 5.56 Å². The van der Waals surface area contributed by atoms with Gasteiger partial charge in [-0.15, -0.1) is 0 Å². The zero-order chi connectivity index (χ0) is 28.1. The van der Waals surface area contributed by atoms with Crippen molar-refractivity contribution in [2.24, 2.45) is 0 Å². The van der Waals surface area contributed by atoms with Crippen molar-refractivity contribution < 1.29 is 28.5 Å². The summed E-state index contributed by atoms with van der Waals surface area (Å²) in [6.45, 7) is 1.74. The first-order valence-electron chi connectivity index (χ1n) is 13.2. The molecule has 2 aliphatic rings. The summed E-state index contributed by atoms with van der Waals surface area (Å²) < 4.78 is 32.6. The normalized spacial score (nSPS) is 24.3. The summed E-state index contributed by atoms with van der Waals surface area (Å²) in [6.07, 6.45) is -1.04. The molecule has 0 radical (unpaired) electrons. The first-order valence-corrected chi connectivity index (χ1v) is 13.2. The Morgan fingerprint density at radius 1 is 1.02 bits per heavy atom. The number of nitrogens with zero attached hydrogens (tertiary/aromatic N) is 2. The second-order valence-electron chi connectivity index (χ2n) is 9.76. The van der Waals surface area contributed by atoms with E-state index in [1.165, 1.54) is 17.8 Å². The number of rotatable bonds is 9. The minimum atomic E-state index is -0.751. The highest BCUT2D eigenvalue weighted by Gasteiger charge is 2.47. The average molecular weight is 552 g/mol. The van der Waals surface area contributed by atoms with E-state index in [4.69, 9.17) is 23.7 Å². The lowest BCUT2D eigenvalue weighted by Gasteiger charge is -2.46. The Morgan fingerprint density at radius 2 is 1.75 bits per heavy atom. The first kappa shape index (κ1) is 27.9. The predicted molar refractivity (Wildman–Crippen MR) is 144 cm³/mol. The molecule has 11 nitrogen and oxygen atoms in total. The van der Waals surface area contributed by atoms with Crippen LogP contribution in [0.3, 0.4) is 0 Å². The highest BCUT2D eigenvalue weighted by Crippen LogP contribution is 2.36. The van der Waals surface area contributed by atoms with Gasteiger partial charge in [-0.1, -0.05) is 60.7 Å². The summed E-state index contributed by atoms with van der Waals surface area (Å²) in [4.78, 5) is 38.7. The van der Waals surface area contributed by atoms with E-state index in [1.54, 1.807) is 6.92 Å². The number of carbonyl (C=O) groups is 1. The minimum Gasteiger partial charge on any atom is -0.371 e. The van der Waals surface area contributed by atoms with E-state index in [0.717, 1.165) is 15.7 Å². The molecule has 1 N–H and O–H groups in total. The molecule has 0 saturated carbocycles. The fraction of sp³-hybridized carbons (Fsp3) is 0.414. The maximum absolute atomic E-state index is 13.7. The molecule has 3 aromatic rings. The Morgan fingerprint density at radius 3 is 2.48 bits per heavy atom. The fourth-order valence-electron chi connectivity index (χ4n) is 4.93. The monoisotopic (exact) mass is 551 g/mol. The van der Waals surface area contributed by atoms with Crippen LogP contribution in [-0.4, -0.2) is 60.2 Å². The molecule has 1 amide bonds. The summed E-state index contributed by atoms with van der Waals surface area (Å²) in [5.41, 5.74) is 1.08. The Hall–Kier alpha value is -3.61. The van der Waals surface area contributed by atoms with Crippen LogP contribution in [0, 0.1) is 6.92 Å². The van der Waals surface area contributed by atoms with Crippen LogP contribution >= 0.6 is 0 Å². The highest BCUT2D eigenvalue weighted by molar-refractivity contribution is 5.76. The van der Waals surface area contributed by atoms with Crippen molar-refractivity contribution in [3.8, 4) is 0 Å². The zero-order valence-electron chi connectivity index (χ0n) is 22.4. The van der Waals surface area contributed by atoms with Crippen molar-refractivity contribution in [2.45, 2.75) is 50.9 Å². The standard InChI is InChI=1S/C29H33N3O8/c1-19-13-31(29(35)32(27(19)34)18-36-14-20-9-5-3-6-10-20)22-15-37-23-16-39-28(21-11-7-4-8-12-21)40-26(23)25(22)38-17-24(33)30-2/h3-13,22-23,25-26,28H,14-18H2,1-2H3,(H,30,33)/t22-,23-,25+,26?,28-/m1/s1. The molecule has 0 aliphatic carbocycles. The molecule has 212 valence electrons. The lowest BCUT2D eigenvalue weighted by atomic mass is 9.96. The highest BCUT2D eigenvalue weighted by atomic mass is 16.7. The number of fused-ring (bicyclic) bond motifs is 1. The molecule has 2 fully saturated rings. The number of carbonyl (C=O) groups excluding carboxylic acids is 1. The van der Waals surface area contributed by atoms with Gasteiger partial charge in [-0.2, -0.15) is 0 Å². The Bertz CT molecular complexity index is 1410. The minimum absolute atomic E-state index is 0.0880. The molecule has 5 rings (SSSR count). The van der Waals surface area contributed by atoms with Gasteiger partial charge in [0.1, 0.15) is 31.6 Å². The molecule has 3 heterocycles. The van der Waals surface area contributed by atoms with Crippen LogP contribution in [0.25, 0.3) is 0 Å². The topological polar surface area (TPSA) is 119 Å². The van der Waals surface area contributed by atoms with Crippen LogP contribution in [0.15, 0.2) is 76.4 Å². The lowest BCUT2D eigenvalue weighted by Crippen LogP contribution is -2.59. The van der Waals surface area contributed by atoms with E-state index < -0.39 is 41.9 Å². The van der Waals surface area contributed by atoms with Gasteiger partial charge in [0.05, 0.1) is 25.9 Å². The molecule has 5 atom stereocenters. The maximum Gasteiger partial charge on any atom is 0.333 e. The second kappa shape index (κ2) is 12.7. The van der Waals surface area contributed by atoms with E-state index in [9.17, 15) is 14.4 Å². The van der Waals surface area contributed by atoms with Crippen molar-refractivity contribution in [1.82, 2.24) is 14.5 Å². The number of aromatic nitrogens is 2. The molecule has 2 saturated heterocycles. The number of hydrogen-bond acceptors (Lipinski definition) is 8. The van der Waals surface area contributed by atoms with Crippen molar-refractivity contribution >= 4 is 5.91 Å². The van der Waals surface area contributed by atoms with E-state index in [1.807, 2.05) is 60.7 Å². The molecule has 0 bridgehead atoms. The Balaban J connectivity index is 1.44. The molecular weight excluding hydrogens is 518 g/mol. The van der Waals surface area contributed by atoms with E-state index in [2.05, 4.69) is 5.32 Å². The third-order valence-electron chi connectivity index (χ3n) is 7.06. The van der Waals surface area contributed by atoms with Gasteiger partial charge in [0.15, 0.2) is 6.29 Å². The number of hydrogen-bond donors (Lipinski definition) is 1. The molecule has 2 aromatic carbocycles. The third kappa shape index (κ3) is 6.08. The number of nitrogens with one attached hydrogen (secondary N) is 1. The second-order valence-corrected chi connectivity index (χ2v) is 9.76. The van der Waals surface area contributed by atoms with Crippen molar-refractivity contribution in [3.63, 3.8) is 0 Å². The largest absolute Gasteiger partial charge is 0.371 e. The summed E-state index contributed by atoms with van der Waals surface area (Å²) >= 11 is 0. The summed E-state index contributed by atoms with van der Waals surface area (Å²) in [6, 6.07) is 18.3. The number of benzene rings is 2. The molecule has 40 heavy (non-hydrogen) atoms. The van der Waals surface area contributed by atoms with Gasteiger partial charge in [-0.05, 0) is 12.5 Å². The Kier molecular flexibility index (Phi) is 8.88. The van der Waals surface area contributed by atoms with Crippen molar-refractivity contribution in [3.05, 3.63) is 104 Å².